The zero-order valence-corrected chi connectivity index (χ0v) is 18.6. The highest BCUT2D eigenvalue weighted by molar-refractivity contribution is 5.24. The number of allylic oxidation sites excluding steroid dienone is 3. The number of nitrogens with zero attached hydrogens (tertiary/aromatic N) is 1. The van der Waals surface area contributed by atoms with Crippen LogP contribution in [0, 0.1) is 22.7 Å². The summed E-state index contributed by atoms with van der Waals surface area (Å²) in [6, 6.07) is 0. The van der Waals surface area contributed by atoms with E-state index in [9.17, 15) is 0 Å². The molecule has 0 aromatic rings. The van der Waals surface area contributed by atoms with Gasteiger partial charge in [-0.1, -0.05) is 38.0 Å². The highest BCUT2D eigenvalue weighted by Gasteiger charge is 2.76. The highest BCUT2D eigenvalue weighted by atomic mass is 15.4. The lowest BCUT2D eigenvalue weighted by atomic mass is 9.33. The molecule has 0 amide bonds. The number of rotatable bonds is 13. The standard InChI is InChI=1S/C28H42N/c1-7-13-26-20-24-19-25(21-26)23-28(22-24,27(26,14-8-2)15-9-3)29(16-10-4,17-11-5)18-12-6/h7-12,24-25H,1-6,13-23H2/q+1. The molecule has 0 radical (unpaired) electrons. The quantitative estimate of drug-likeness (QED) is 0.233. The molecule has 0 heterocycles. The number of hydrogen-bond acceptors (Lipinski definition) is 0. The van der Waals surface area contributed by atoms with Crippen LogP contribution in [0.5, 0.6) is 0 Å². The summed E-state index contributed by atoms with van der Waals surface area (Å²) in [5.41, 5.74) is 0.632. The van der Waals surface area contributed by atoms with Gasteiger partial charge in [-0.2, -0.15) is 0 Å². The van der Waals surface area contributed by atoms with Crippen molar-refractivity contribution in [2.75, 3.05) is 19.6 Å². The van der Waals surface area contributed by atoms with Crippen molar-refractivity contribution < 1.29 is 4.48 Å². The van der Waals surface area contributed by atoms with Gasteiger partial charge in [0.15, 0.2) is 0 Å². The second kappa shape index (κ2) is 8.26. The zero-order chi connectivity index (χ0) is 21.2. The van der Waals surface area contributed by atoms with Gasteiger partial charge in [-0.05, 0) is 74.0 Å². The van der Waals surface area contributed by atoms with Crippen molar-refractivity contribution in [1.82, 2.24) is 0 Å². The summed E-state index contributed by atoms with van der Waals surface area (Å²) >= 11 is 0. The Bertz CT molecular complexity index is 630. The summed E-state index contributed by atoms with van der Waals surface area (Å²) in [5.74, 6) is 1.64. The van der Waals surface area contributed by atoms with Gasteiger partial charge < -0.3 is 4.48 Å². The van der Waals surface area contributed by atoms with Gasteiger partial charge in [0, 0.05) is 18.3 Å². The molecule has 4 aliphatic carbocycles. The fourth-order valence-corrected chi connectivity index (χ4v) is 8.81. The SMILES string of the molecule is C=CCC12CC3CC(C1)CC([N+](CC=C)(CC=C)CC=C)(C3)C2(CC=C)CC=C. The number of hydrogen-bond donors (Lipinski definition) is 0. The molecule has 0 aromatic carbocycles. The molecule has 4 fully saturated rings. The van der Waals surface area contributed by atoms with Crippen molar-refractivity contribution in [3.63, 3.8) is 0 Å². The van der Waals surface area contributed by atoms with Gasteiger partial charge in [0.05, 0.1) is 19.6 Å². The van der Waals surface area contributed by atoms with Crippen LogP contribution in [0.15, 0.2) is 75.9 Å². The van der Waals surface area contributed by atoms with Gasteiger partial charge in [0.1, 0.15) is 5.54 Å². The molecule has 0 aliphatic heterocycles. The maximum Gasteiger partial charge on any atom is 0.107 e. The number of quaternary nitrogens is 1. The molecule has 4 aliphatic rings. The minimum absolute atomic E-state index is 0.153. The summed E-state index contributed by atoms with van der Waals surface area (Å²) in [4.78, 5) is 0. The molecule has 4 rings (SSSR count). The van der Waals surface area contributed by atoms with Crippen LogP contribution in [0.4, 0.5) is 0 Å². The molecule has 2 atom stereocenters. The molecule has 0 saturated heterocycles. The van der Waals surface area contributed by atoms with E-state index in [2.05, 4.69) is 75.9 Å². The average molecular weight is 393 g/mol. The van der Waals surface area contributed by atoms with E-state index in [0.29, 0.717) is 5.41 Å². The largest absolute Gasteiger partial charge is 0.309 e. The molecule has 4 bridgehead atoms. The molecule has 158 valence electrons. The van der Waals surface area contributed by atoms with Crippen LogP contribution in [-0.2, 0) is 0 Å². The second-order valence-corrected chi connectivity index (χ2v) is 10.2. The van der Waals surface area contributed by atoms with E-state index in [1.807, 2.05) is 0 Å². The highest BCUT2D eigenvalue weighted by Crippen LogP contribution is 2.76. The topological polar surface area (TPSA) is 0 Å². The van der Waals surface area contributed by atoms with Crippen LogP contribution in [0.1, 0.15) is 51.4 Å². The van der Waals surface area contributed by atoms with Crippen molar-refractivity contribution >= 4 is 0 Å². The third kappa shape index (κ3) is 2.92. The Morgan fingerprint density at radius 2 is 1.07 bits per heavy atom. The zero-order valence-electron chi connectivity index (χ0n) is 18.6. The van der Waals surface area contributed by atoms with Crippen LogP contribution >= 0.6 is 0 Å². The lowest BCUT2D eigenvalue weighted by molar-refractivity contribution is -0.977. The summed E-state index contributed by atoms with van der Waals surface area (Å²) < 4.78 is 1.01. The first-order valence-electron chi connectivity index (χ1n) is 11.5. The predicted octanol–water partition coefficient (Wildman–Crippen LogP) is 7.02. The van der Waals surface area contributed by atoms with Crippen molar-refractivity contribution in [2.24, 2.45) is 22.7 Å². The van der Waals surface area contributed by atoms with Crippen molar-refractivity contribution in [2.45, 2.75) is 56.9 Å². The van der Waals surface area contributed by atoms with E-state index in [-0.39, 0.29) is 11.0 Å². The Balaban J connectivity index is 2.34. The normalized spacial score (nSPS) is 34.3. The molecular formula is C28H42N+. The van der Waals surface area contributed by atoms with E-state index in [4.69, 9.17) is 0 Å². The summed E-state index contributed by atoms with van der Waals surface area (Å²) in [5, 5.41) is 0. The Labute approximate surface area is 179 Å². The van der Waals surface area contributed by atoms with Crippen molar-refractivity contribution in [1.29, 1.82) is 0 Å². The first-order valence-corrected chi connectivity index (χ1v) is 11.5. The smallest absolute Gasteiger partial charge is 0.107 e. The third-order valence-electron chi connectivity index (χ3n) is 9.05. The molecule has 1 nitrogen and oxygen atoms in total. The summed E-state index contributed by atoms with van der Waals surface area (Å²) in [7, 11) is 0. The van der Waals surface area contributed by atoms with Crippen LogP contribution in [0.3, 0.4) is 0 Å². The van der Waals surface area contributed by atoms with E-state index < -0.39 is 0 Å². The Kier molecular flexibility index (Phi) is 6.30. The van der Waals surface area contributed by atoms with Crippen LogP contribution in [-0.4, -0.2) is 29.7 Å². The van der Waals surface area contributed by atoms with Gasteiger partial charge >= 0.3 is 0 Å². The lowest BCUT2D eigenvalue weighted by Crippen LogP contribution is -2.80. The van der Waals surface area contributed by atoms with Crippen molar-refractivity contribution in [3.8, 4) is 0 Å². The maximum absolute atomic E-state index is 4.25. The molecule has 0 N–H and O–H groups in total. The second-order valence-electron chi connectivity index (χ2n) is 10.2. The van der Waals surface area contributed by atoms with Gasteiger partial charge in [-0.15, -0.1) is 19.7 Å². The Morgan fingerprint density at radius 3 is 1.45 bits per heavy atom. The maximum atomic E-state index is 4.25. The van der Waals surface area contributed by atoms with Gasteiger partial charge in [0.25, 0.3) is 0 Å². The van der Waals surface area contributed by atoms with Crippen LogP contribution < -0.4 is 0 Å². The molecule has 2 unspecified atom stereocenters. The fraction of sp³-hybridized carbons (Fsp3) is 0.571. The molecule has 0 aromatic heterocycles. The monoisotopic (exact) mass is 392 g/mol. The van der Waals surface area contributed by atoms with E-state index in [0.717, 1.165) is 55.2 Å². The first-order chi connectivity index (χ1) is 14.0. The lowest BCUT2D eigenvalue weighted by Gasteiger charge is -2.76. The van der Waals surface area contributed by atoms with E-state index >= 15 is 0 Å². The minimum atomic E-state index is 0.153. The third-order valence-corrected chi connectivity index (χ3v) is 9.05. The average Bonchev–Trinajstić information content (AvgIpc) is 2.66. The van der Waals surface area contributed by atoms with Gasteiger partial charge in [0.2, 0.25) is 0 Å². The predicted molar refractivity (Wildman–Crippen MR) is 128 cm³/mol. The minimum Gasteiger partial charge on any atom is -0.309 e. The molecule has 1 heteroatoms. The molecular weight excluding hydrogens is 350 g/mol. The van der Waals surface area contributed by atoms with E-state index in [1.54, 1.807) is 0 Å². The van der Waals surface area contributed by atoms with Crippen LogP contribution in [0.25, 0.3) is 0 Å². The summed E-state index contributed by atoms with van der Waals surface area (Å²) in [6.45, 7) is 28.2. The fourth-order valence-electron chi connectivity index (χ4n) is 8.81. The van der Waals surface area contributed by atoms with Crippen LogP contribution in [0.2, 0.25) is 0 Å². The molecule has 29 heavy (non-hydrogen) atoms. The molecule has 0 spiro atoms. The molecule has 4 saturated carbocycles. The van der Waals surface area contributed by atoms with Crippen molar-refractivity contribution in [3.05, 3.63) is 75.9 Å². The van der Waals surface area contributed by atoms with Gasteiger partial charge in [-0.25, -0.2) is 0 Å². The first kappa shape index (κ1) is 22.1. The Morgan fingerprint density at radius 1 is 0.621 bits per heavy atom. The van der Waals surface area contributed by atoms with E-state index in [1.165, 1.54) is 32.1 Å². The Hall–Kier alpha value is -1.60. The summed E-state index contributed by atoms with van der Waals surface area (Å²) in [6.07, 6.45) is 22.9. The van der Waals surface area contributed by atoms with Gasteiger partial charge in [-0.3, -0.25) is 0 Å².